The number of hydrogen-bond acceptors (Lipinski definition) is 3. The fourth-order valence-corrected chi connectivity index (χ4v) is 2.05. The fraction of sp³-hybridized carbons (Fsp3) is 0.438. The number of nitrogens with zero attached hydrogens (tertiary/aromatic N) is 2. The van der Waals surface area contributed by atoms with Crippen LogP contribution in [0.5, 0.6) is 5.75 Å². The Balaban J connectivity index is 1.81. The van der Waals surface area contributed by atoms with Gasteiger partial charge in [-0.2, -0.15) is 5.10 Å². The topological polar surface area (TPSA) is 39.1 Å². The summed E-state index contributed by atoms with van der Waals surface area (Å²) in [5, 5.41) is 7.92. The van der Waals surface area contributed by atoms with Gasteiger partial charge >= 0.3 is 0 Å². The summed E-state index contributed by atoms with van der Waals surface area (Å²) in [4.78, 5) is 0. The summed E-state index contributed by atoms with van der Waals surface area (Å²) >= 11 is 0. The van der Waals surface area contributed by atoms with Crippen molar-refractivity contribution in [3.8, 4) is 5.75 Å². The Bertz CT molecular complexity index is 505. The lowest BCUT2D eigenvalue weighted by Crippen LogP contribution is -2.14. The predicted octanol–water partition coefficient (Wildman–Crippen LogP) is 2.63. The number of aromatic nitrogens is 2. The Kier molecular flexibility index (Phi) is 5.62. The van der Waals surface area contributed by atoms with E-state index in [2.05, 4.69) is 35.5 Å². The van der Waals surface area contributed by atoms with Gasteiger partial charge in [0.15, 0.2) is 0 Å². The lowest BCUT2D eigenvalue weighted by molar-refractivity contribution is 0.414. The molecule has 0 radical (unpaired) electrons. The van der Waals surface area contributed by atoms with Gasteiger partial charge in [-0.05, 0) is 43.1 Å². The van der Waals surface area contributed by atoms with Gasteiger partial charge in [-0.3, -0.25) is 4.68 Å². The van der Waals surface area contributed by atoms with E-state index < -0.39 is 0 Å². The van der Waals surface area contributed by atoms with Crippen LogP contribution in [0.2, 0.25) is 0 Å². The molecule has 0 aliphatic rings. The zero-order valence-corrected chi connectivity index (χ0v) is 12.3. The molecule has 0 saturated carbocycles. The van der Waals surface area contributed by atoms with Crippen LogP contribution in [-0.4, -0.2) is 23.4 Å². The van der Waals surface area contributed by atoms with Crippen LogP contribution in [-0.2, 0) is 19.5 Å². The highest BCUT2D eigenvalue weighted by Crippen LogP contribution is 2.12. The molecule has 1 aromatic heterocycles. The van der Waals surface area contributed by atoms with E-state index in [4.69, 9.17) is 4.74 Å². The number of aryl methyl sites for hydroxylation is 2. The predicted molar refractivity (Wildman–Crippen MR) is 80.9 cm³/mol. The molecule has 0 amide bonds. The summed E-state index contributed by atoms with van der Waals surface area (Å²) in [6, 6.07) is 10.3. The second-order valence-electron chi connectivity index (χ2n) is 4.84. The first kappa shape index (κ1) is 14.6. The first-order chi connectivity index (χ1) is 9.81. The molecule has 0 spiro atoms. The second-order valence-corrected chi connectivity index (χ2v) is 4.84. The minimum absolute atomic E-state index is 0.851. The molecule has 0 atom stereocenters. The van der Waals surface area contributed by atoms with Crippen LogP contribution in [0.1, 0.15) is 24.6 Å². The molecule has 4 nitrogen and oxygen atoms in total. The summed E-state index contributed by atoms with van der Waals surface area (Å²) in [5.41, 5.74) is 2.40. The lowest BCUT2D eigenvalue weighted by atomic mass is 10.1. The molecular formula is C16H23N3O. The number of rotatable bonds is 8. The second kappa shape index (κ2) is 7.70. The molecule has 1 aromatic carbocycles. The molecule has 20 heavy (non-hydrogen) atoms. The fourth-order valence-electron chi connectivity index (χ4n) is 2.05. The Hall–Kier alpha value is -1.81. The summed E-state index contributed by atoms with van der Waals surface area (Å²) in [7, 11) is 1.69. The minimum Gasteiger partial charge on any atom is -0.497 e. The van der Waals surface area contributed by atoms with Gasteiger partial charge in [-0.25, -0.2) is 0 Å². The lowest BCUT2D eigenvalue weighted by Gasteiger charge is -2.04. The third-order valence-corrected chi connectivity index (χ3v) is 3.22. The highest BCUT2D eigenvalue weighted by molar-refractivity contribution is 5.27. The van der Waals surface area contributed by atoms with Crippen LogP contribution in [0, 0.1) is 0 Å². The Labute approximate surface area is 120 Å². The van der Waals surface area contributed by atoms with Gasteiger partial charge in [0.25, 0.3) is 0 Å². The van der Waals surface area contributed by atoms with E-state index in [1.165, 1.54) is 5.56 Å². The number of benzene rings is 1. The average Bonchev–Trinajstić information content (AvgIpc) is 2.94. The molecular weight excluding hydrogens is 250 g/mol. The van der Waals surface area contributed by atoms with Crippen molar-refractivity contribution in [3.05, 3.63) is 47.8 Å². The smallest absolute Gasteiger partial charge is 0.118 e. The van der Waals surface area contributed by atoms with Crippen LogP contribution >= 0.6 is 0 Å². The van der Waals surface area contributed by atoms with E-state index in [9.17, 15) is 0 Å². The zero-order valence-electron chi connectivity index (χ0n) is 12.3. The van der Waals surface area contributed by atoms with Crippen molar-refractivity contribution in [2.45, 2.75) is 32.9 Å². The highest BCUT2D eigenvalue weighted by Gasteiger charge is 2.00. The summed E-state index contributed by atoms with van der Waals surface area (Å²) in [6.07, 6.45) is 4.18. The molecule has 0 aliphatic heterocycles. The molecule has 108 valence electrons. The van der Waals surface area contributed by atoms with E-state index in [1.807, 2.05) is 23.0 Å². The maximum Gasteiger partial charge on any atom is 0.118 e. The SMILES string of the molecule is CCCNCc1ccn(CCc2ccc(OC)cc2)n1. The van der Waals surface area contributed by atoms with Gasteiger partial charge in [0.1, 0.15) is 5.75 Å². The largest absolute Gasteiger partial charge is 0.497 e. The van der Waals surface area contributed by atoms with E-state index in [1.54, 1.807) is 7.11 Å². The molecule has 4 heteroatoms. The Morgan fingerprint density at radius 3 is 2.70 bits per heavy atom. The Morgan fingerprint density at radius 2 is 2.00 bits per heavy atom. The Morgan fingerprint density at radius 1 is 1.20 bits per heavy atom. The van der Waals surface area contributed by atoms with Crippen LogP contribution in [0.25, 0.3) is 0 Å². The maximum atomic E-state index is 5.16. The molecule has 0 unspecified atom stereocenters. The van der Waals surface area contributed by atoms with Gasteiger partial charge in [0.05, 0.1) is 12.8 Å². The van der Waals surface area contributed by atoms with Crippen molar-refractivity contribution in [2.75, 3.05) is 13.7 Å². The van der Waals surface area contributed by atoms with Gasteiger partial charge in [0, 0.05) is 19.3 Å². The van der Waals surface area contributed by atoms with Crippen molar-refractivity contribution in [3.63, 3.8) is 0 Å². The molecule has 0 fully saturated rings. The van der Waals surface area contributed by atoms with E-state index in [0.29, 0.717) is 0 Å². The van der Waals surface area contributed by atoms with Crippen LogP contribution in [0.15, 0.2) is 36.5 Å². The van der Waals surface area contributed by atoms with E-state index in [-0.39, 0.29) is 0 Å². The van der Waals surface area contributed by atoms with Crippen molar-refractivity contribution in [1.29, 1.82) is 0 Å². The maximum absolute atomic E-state index is 5.16. The third-order valence-electron chi connectivity index (χ3n) is 3.22. The minimum atomic E-state index is 0.851. The van der Waals surface area contributed by atoms with Crippen LogP contribution in [0.4, 0.5) is 0 Å². The average molecular weight is 273 g/mol. The molecule has 1 heterocycles. The van der Waals surface area contributed by atoms with Gasteiger partial charge in [-0.1, -0.05) is 19.1 Å². The van der Waals surface area contributed by atoms with E-state index in [0.717, 1.165) is 43.9 Å². The summed E-state index contributed by atoms with van der Waals surface area (Å²) < 4.78 is 7.16. The molecule has 0 aliphatic carbocycles. The standard InChI is InChI=1S/C16H23N3O/c1-3-10-17-13-15-9-12-19(18-15)11-8-14-4-6-16(20-2)7-5-14/h4-7,9,12,17H,3,8,10-11,13H2,1-2H3. The van der Waals surface area contributed by atoms with Crippen molar-refractivity contribution in [2.24, 2.45) is 0 Å². The van der Waals surface area contributed by atoms with Crippen molar-refractivity contribution >= 4 is 0 Å². The number of ether oxygens (including phenoxy) is 1. The number of methoxy groups -OCH3 is 1. The molecule has 0 saturated heterocycles. The quantitative estimate of drug-likeness (QED) is 0.752. The molecule has 2 rings (SSSR count). The third kappa shape index (κ3) is 4.38. The van der Waals surface area contributed by atoms with E-state index >= 15 is 0 Å². The van der Waals surface area contributed by atoms with Gasteiger partial charge in [0.2, 0.25) is 0 Å². The van der Waals surface area contributed by atoms with Crippen molar-refractivity contribution in [1.82, 2.24) is 15.1 Å². The first-order valence-electron chi connectivity index (χ1n) is 7.18. The number of nitrogens with one attached hydrogen (secondary N) is 1. The summed E-state index contributed by atoms with van der Waals surface area (Å²) in [5.74, 6) is 0.900. The molecule has 2 aromatic rings. The van der Waals surface area contributed by atoms with Crippen LogP contribution in [0.3, 0.4) is 0 Å². The summed E-state index contributed by atoms with van der Waals surface area (Å²) in [6.45, 7) is 4.96. The molecule has 1 N–H and O–H groups in total. The highest BCUT2D eigenvalue weighted by atomic mass is 16.5. The van der Waals surface area contributed by atoms with Crippen molar-refractivity contribution < 1.29 is 4.74 Å². The molecule has 0 bridgehead atoms. The number of hydrogen-bond donors (Lipinski definition) is 1. The van der Waals surface area contributed by atoms with Gasteiger partial charge < -0.3 is 10.1 Å². The normalized spacial score (nSPS) is 10.7. The monoisotopic (exact) mass is 273 g/mol. The van der Waals surface area contributed by atoms with Gasteiger partial charge in [-0.15, -0.1) is 0 Å². The zero-order chi connectivity index (χ0) is 14.2. The van der Waals surface area contributed by atoms with Crippen LogP contribution < -0.4 is 10.1 Å². The first-order valence-corrected chi connectivity index (χ1v) is 7.18.